The third-order valence-corrected chi connectivity index (χ3v) is 4.33. The molecule has 0 unspecified atom stereocenters. The van der Waals surface area contributed by atoms with Gasteiger partial charge in [-0.3, -0.25) is 0 Å². The summed E-state index contributed by atoms with van der Waals surface area (Å²) in [6.45, 7) is -0.132. The van der Waals surface area contributed by atoms with Crippen LogP contribution in [-0.4, -0.2) is 24.9 Å². The highest BCUT2D eigenvalue weighted by molar-refractivity contribution is 7.98. The minimum Gasteiger partial charge on any atom is -0.444 e. The Morgan fingerprint density at radius 3 is 2.95 bits per heavy atom. The summed E-state index contributed by atoms with van der Waals surface area (Å²) in [6, 6.07) is 7.36. The van der Waals surface area contributed by atoms with Crippen molar-refractivity contribution in [3.05, 3.63) is 47.1 Å². The van der Waals surface area contributed by atoms with Crippen LogP contribution in [0.15, 0.2) is 40.1 Å². The third-order valence-electron chi connectivity index (χ3n) is 3.04. The Morgan fingerprint density at radius 2 is 2.23 bits per heavy atom. The molecule has 0 saturated heterocycles. The van der Waals surface area contributed by atoms with Crippen LogP contribution in [0.4, 0.5) is 0 Å². The van der Waals surface area contributed by atoms with E-state index >= 15 is 0 Å². The SMILES string of the molecule is Cn1c(CO)nnc1SCc1coc(-c2cccc(Cl)c2)n1. The van der Waals surface area contributed by atoms with Crippen molar-refractivity contribution in [2.24, 2.45) is 7.05 Å². The van der Waals surface area contributed by atoms with Crippen LogP contribution in [0.2, 0.25) is 5.02 Å². The van der Waals surface area contributed by atoms with E-state index in [0.29, 0.717) is 22.5 Å². The molecule has 2 heterocycles. The number of nitrogens with zero attached hydrogens (tertiary/aromatic N) is 4. The molecule has 0 aliphatic heterocycles. The molecular formula is C14H13ClN4O2S. The first-order chi connectivity index (χ1) is 10.7. The Balaban J connectivity index is 1.70. The molecule has 0 saturated carbocycles. The lowest BCUT2D eigenvalue weighted by atomic mass is 10.2. The average Bonchev–Trinajstić information content (AvgIpc) is 3.12. The summed E-state index contributed by atoms with van der Waals surface area (Å²) in [5, 5.41) is 18.4. The van der Waals surface area contributed by atoms with Gasteiger partial charge in [0.05, 0.1) is 5.69 Å². The maximum absolute atomic E-state index is 9.10. The van der Waals surface area contributed by atoms with Crippen LogP contribution in [0, 0.1) is 0 Å². The Bertz CT molecular complexity index is 787. The van der Waals surface area contributed by atoms with Crippen molar-refractivity contribution in [1.29, 1.82) is 0 Å². The molecule has 2 aromatic heterocycles. The van der Waals surface area contributed by atoms with E-state index in [-0.39, 0.29) is 6.61 Å². The Morgan fingerprint density at radius 1 is 1.36 bits per heavy atom. The average molecular weight is 337 g/mol. The maximum atomic E-state index is 9.10. The molecule has 0 aliphatic carbocycles. The normalized spacial score (nSPS) is 11.0. The van der Waals surface area contributed by atoms with Gasteiger partial charge in [0, 0.05) is 23.4 Å². The molecule has 0 bridgehead atoms. The number of rotatable bonds is 5. The fourth-order valence-electron chi connectivity index (χ4n) is 1.87. The fourth-order valence-corrected chi connectivity index (χ4v) is 2.87. The van der Waals surface area contributed by atoms with Gasteiger partial charge in [-0.2, -0.15) is 0 Å². The van der Waals surface area contributed by atoms with Crippen molar-refractivity contribution >= 4 is 23.4 Å². The van der Waals surface area contributed by atoms with Gasteiger partial charge in [-0.05, 0) is 18.2 Å². The second kappa shape index (κ2) is 6.51. The monoisotopic (exact) mass is 336 g/mol. The number of aliphatic hydroxyl groups is 1. The molecule has 8 heteroatoms. The lowest BCUT2D eigenvalue weighted by Gasteiger charge is -2.00. The van der Waals surface area contributed by atoms with E-state index in [9.17, 15) is 0 Å². The number of thioether (sulfide) groups is 1. The molecule has 0 radical (unpaired) electrons. The van der Waals surface area contributed by atoms with Crippen molar-refractivity contribution in [1.82, 2.24) is 19.7 Å². The lowest BCUT2D eigenvalue weighted by Crippen LogP contribution is -1.98. The zero-order valence-electron chi connectivity index (χ0n) is 11.7. The van der Waals surface area contributed by atoms with Gasteiger partial charge in [0.25, 0.3) is 0 Å². The van der Waals surface area contributed by atoms with Gasteiger partial charge in [-0.1, -0.05) is 29.4 Å². The summed E-state index contributed by atoms with van der Waals surface area (Å²) >= 11 is 7.44. The van der Waals surface area contributed by atoms with Crippen molar-refractivity contribution in [3.63, 3.8) is 0 Å². The van der Waals surface area contributed by atoms with Crippen LogP contribution < -0.4 is 0 Å². The van der Waals surface area contributed by atoms with Crippen LogP contribution in [-0.2, 0) is 19.4 Å². The van der Waals surface area contributed by atoms with E-state index in [1.54, 1.807) is 23.0 Å². The van der Waals surface area contributed by atoms with E-state index in [1.807, 2.05) is 19.2 Å². The molecule has 3 aromatic rings. The van der Waals surface area contributed by atoms with Crippen LogP contribution in [0.25, 0.3) is 11.5 Å². The van der Waals surface area contributed by atoms with Gasteiger partial charge < -0.3 is 14.1 Å². The first-order valence-corrected chi connectivity index (χ1v) is 7.86. The molecule has 6 nitrogen and oxygen atoms in total. The van der Waals surface area contributed by atoms with E-state index < -0.39 is 0 Å². The number of hydrogen-bond acceptors (Lipinski definition) is 6. The summed E-state index contributed by atoms with van der Waals surface area (Å²) in [4.78, 5) is 4.44. The van der Waals surface area contributed by atoms with Gasteiger partial charge in [0.1, 0.15) is 12.9 Å². The van der Waals surface area contributed by atoms with E-state index in [0.717, 1.165) is 16.4 Å². The Hall–Kier alpha value is -1.83. The molecule has 1 aromatic carbocycles. The van der Waals surface area contributed by atoms with Gasteiger partial charge in [0.2, 0.25) is 5.89 Å². The lowest BCUT2D eigenvalue weighted by molar-refractivity contribution is 0.266. The Labute approximate surface area is 136 Å². The molecule has 22 heavy (non-hydrogen) atoms. The van der Waals surface area contributed by atoms with Crippen molar-refractivity contribution in [3.8, 4) is 11.5 Å². The second-order valence-corrected chi connectivity index (χ2v) is 5.94. The molecular weight excluding hydrogens is 324 g/mol. The molecule has 0 aliphatic rings. The molecule has 1 N–H and O–H groups in total. The molecule has 114 valence electrons. The second-order valence-electron chi connectivity index (χ2n) is 4.56. The van der Waals surface area contributed by atoms with E-state index in [4.69, 9.17) is 21.1 Å². The standard InChI is InChI=1S/C14H13ClN4O2S/c1-19-12(6-20)17-18-14(19)22-8-11-7-21-13(16-11)9-3-2-4-10(15)5-9/h2-5,7,20H,6,8H2,1H3. The van der Waals surface area contributed by atoms with Gasteiger partial charge >= 0.3 is 0 Å². The zero-order valence-corrected chi connectivity index (χ0v) is 13.3. The minimum absolute atomic E-state index is 0.132. The first kappa shape index (κ1) is 15.1. The number of hydrogen-bond donors (Lipinski definition) is 1. The number of aliphatic hydroxyl groups excluding tert-OH is 1. The predicted molar refractivity (Wildman–Crippen MR) is 83.4 cm³/mol. The predicted octanol–water partition coefficient (Wildman–Crippen LogP) is 2.91. The Kier molecular flexibility index (Phi) is 4.47. The summed E-state index contributed by atoms with van der Waals surface area (Å²) in [6.07, 6.45) is 1.62. The highest BCUT2D eigenvalue weighted by Gasteiger charge is 2.11. The molecule has 0 spiro atoms. The van der Waals surface area contributed by atoms with Gasteiger partial charge in [0.15, 0.2) is 11.0 Å². The summed E-state index contributed by atoms with van der Waals surface area (Å²) < 4.78 is 7.24. The smallest absolute Gasteiger partial charge is 0.226 e. The van der Waals surface area contributed by atoms with Crippen molar-refractivity contribution in [2.75, 3.05) is 0 Å². The number of aromatic nitrogens is 4. The summed E-state index contributed by atoms with van der Waals surface area (Å²) in [5.41, 5.74) is 1.64. The molecule has 0 fully saturated rings. The van der Waals surface area contributed by atoms with Gasteiger partial charge in [-0.25, -0.2) is 4.98 Å². The summed E-state index contributed by atoms with van der Waals surface area (Å²) in [7, 11) is 1.81. The fraction of sp³-hybridized carbons (Fsp3) is 0.214. The van der Waals surface area contributed by atoms with Crippen LogP contribution in [0.3, 0.4) is 0 Å². The zero-order chi connectivity index (χ0) is 15.5. The number of halogens is 1. The maximum Gasteiger partial charge on any atom is 0.226 e. The third kappa shape index (κ3) is 3.16. The minimum atomic E-state index is -0.132. The van der Waals surface area contributed by atoms with E-state index in [2.05, 4.69) is 15.2 Å². The number of oxazole rings is 1. The van der Waals surface area contributed by atoms with Crippen molar-refractivity contribution < 1.29 is 9.52 Å². The van der Waals surface area contributed by atoms with Crippen LogP contribution in [0.5, 0.6) is 0 Å². The van der Waals surface area contributed by atoms with Crippen LogP contribution >= 0.6 is 23.4 Å². The molecule has 0 atom stereocenters. The molecule has 3 rings (SSSR count). The highest BCUT2D eigenvalue weighted by atomic mass is 35.5. The van der Waals surface area contributed by atoms with Gasteiger partial charge in [-0.15, -0.1) is 10.2 Å². The van der Waals surface area contributed by atoms with E-state index in [1.165, 1.54) is 11.8 Å². The first-order valence-electron chi connectivity index (χ1n) is 6.49. The highest BCUT2D eigenvalue weighted by Crippen LogP contribution is 2.25. The molecule has 0 amide bonds. The van der Waals surface area contributed by atoms with Crippen LogP contribution in [0.1, 0.15) is 11.5 Å². The van der Waals surface area contributed by atoms with Crippen molar-refractivity contribution in [2.45, 2.75) is 17.5 Å². The summed E-state index contributed by atoms with van der Waals surface area (Å²) in [5.74, 6) is 1.66. The topological polar surface area (TPSA) is 77.0 Å². The quantitative estimate of drug-likeness (QED) is 0.722. The largest absolute Gasteiger partial charge is 0.444 e. The number of benzene rings is 1.